The number of benzene rings is 2. The van der Waals surface area contributed by atoms with Gasteiger partial charge in [0.15, 0.2) is 0 Å². The van der Waals surface area contributed by atoms with E-state index in [1.165, 1.54) is 7.11 Å². The lowest BCUT2D eigenvalue weighted by Crippen LogP contribution is -2.34. The largest absolute Gasteiger partial charge is 0.489 e. The van der Waals surface area contributed by atoms with Crippen LogP contribution in [0.15, 0.2) is 53.4 Å². The number of rotatable bonds is 6. The number of amides is 2. The Labute approximate surface area is 171 Å². The van der Waals surface area contributed by atoms with Gasteiger partial charge in [-0.3, -0.25) is 19.3 Å². The lowest BCUT2D eigenvalue weighted by atomic mass is 10.1. The van der Waals surface area contributed by atoms with Crippen molar-refractivity contribution in [2.75, 3.05) is 13.7 Å². The van der Waals surface area contributed by atoms with Gasteiger partial charge in [-0.15, -0.1) is 0 Å². The van der Waals surface area contributed by atoms with Crippen LogP contribution in [0.5, 0.6) is 5.75 Å². The van der Waals surface area contributed by atoms with E-state index in [9.17, 15) is 14.4 Å². The first-order valence-electron chi connectivity index (χ1n) is 8.55. The molecular formula is C21H16N2O5S. The molecule has 0 N–H and O–H groups in total. The Morgan fingerprint density at radius 2 is 1.90 bits per heavy atom. The third-order valence-electron chi connectivity index (χ3n) is 4.10. The monoisotopic (exact) mass is 408 g/mol. The summed E-state index contributed by atoms with van der Waals surface area (Å²) in [5.41, 5.74) is 2.06. The molecule has 29 heavy (non-hydrogen) atoms. The third-order valence-corrected chi connectivity index (χ3v) is 5.01. The van der Waals surface area contributed by atoms with Gasteiger partial charge in [0, 0.05) is 5.56 Å². The molecule has 0 aliphatic carbocycles. The van der Waals surface area contributed by atoms with Gasteiger partial charge in [0.05, 0.1) is 23.6 Å². The van der Waals surface area contributed by atoms with E-state index in [-0.39, 0.29) is 11.5 Å². The first kappa shape index (κ1) is 20.2. The maximum atomic E-state index is 12.3. The molecule has 0 atom stereocenters. The van der Waals surface area contributed by atoms with Gasteiger partial charge in [0.25, 0.3) is 11.1 Å². The maximum Gasteiger partial charge on any atom is 0.325 e. The van der Waals surface area contributed by atoms with Gasteiger partial charge >= 0.3 is 5.97 Å². The number of ether oxygens (including phenoxy) is 2. The van der Waals surface area contributed by atoms with E-state index in [1.807, 2.05) is 12.1 Å². The second kappa shape index (κ2) is 9.08. The fraction of sp³-hybridized carbons (Fsp3) is 0.143. The number of nitrogens with zero attached hydrogens (tertiary/aromatic N) is 2. The quantitative estimate of drug-likeness (QED) is 0.534. The highest BCUT2D eigenvalue weighted by Gasteiger charge is 2.36. The van der Waals surface area contributed by atoms with Gasteiger partial charge in [-0.25, -0.2) is 0 Å². The smallest absolute Gasteiger partial charge is 0.325 e. The fourth-order valence-electron chi connectivity index (χ4n) is 2.56. The number of nitriles is 1. The van der Waals surface area contributed by atoms with E-state index in [0.29, 0.717) is 16.9 Å². The fourth-order valence-corrected chi connectivity index (χ4v) is 3.40. The van der Waals surface area contributed by atoms with Crippen molar-refractivity contribution in [2.45, 2.75) is 6.61 Å². The molecule has 1 heterocycles. The van der Waals surface area contributed by atoms with Crippen LogP contribution in [0, 0.1) is 11.3 Å². The summed E-state index contributed by atoms with van der Waals surface area (Å²) in [6.45, 7) is -0.148. The Kier molecular flexibility index (Phi) is 6.32. The average Bonchev–Trinajstić information content (AvgIpc) is 3.00. The molecule has 1 saturated heterocycles. The van der Waals surface area contributed by atoms with Crippen LogP contribution < -0.4 is 4.74 Å². The van der Waals surface area contributed by atoms with Crippen molar-refractivity contribution in [3.05, 3.63) is 70.1 Å². The van der Waals surface area contributed by atoms with Gasteiger partial charge in [-0.1, -0.05) is 30.3 Å². The molecule has 7 nitrogen and oxygen atoms in total. The Bertz CT molecular complexity index is 1020. The number of carbonyl (C=O) groups is 3. The number of carbonyl (C=O) groups excluding carboxylic acids is 3. The van der Waals surface area contributed by atoms with Gasteiger partial charge in [-0.05, 0) is 41.6 Å². The molecule has 2 aromatic rings. The van der Waals surface area contributed by atoms with Gasteiger partial charge < -0.3 is 9.47 Å². The maximum absolute atomic E-state index is 12.3. The third kappa shape index (κ3) is 4.83. The first-order chi connectivity index (χ1) is 14.0. The van der Waals surface area contributed by atoms with Gasteiger partial charge in [-0.2, -0.15) is 5.26 Å². The minimum Gasteiger partial charge on any atom is -0.489 e. The molecule has 1 aliphatic heterocycles. The number of esters is 1. The molecule has 1 fully saturated rings. The minimum absolute atomic E-state index is 0.232. The normalized spacial score (nSPS) is 14.8. The van der Waals surface area contributed by atoms with E-state index in [1.54, 1.807) is 42.5 Å². The molecule has 0 radical (unpaired) electrons. The highest BCUT2D eigenvalue weighted by molar-refractivity contribution is 8.18. The number of hydrogen-bond acceptors (Lipinski definition) is 7. The summed E-state index contributed by atoms with van der Waals surface area (Å²) in [5, 5.41) is 8.60. The number of thioether (sulfide) groups is 1. The SMILES string of the molecule is COC(=O)CN1C(=O)S/C(=C/c2ccc(OCc3ccccc3C#N)cc2)C1=O. The molecule has 0 spiro atoms. The molecule has 0 unspecified atom stereocenters. The Morgan fingerprint density at radius 3 is 2.59 bits per heavy atom. The summed E-state index contributed by atoms with van der Waals surface area (Å²) >= 11 is 0.774. The van der Waals surface area contributed by atoms with Crippen LogP contribution in [0.25, 0.3) is 6.08 Å². The summed E-state index contributed by atoms with van der Waals surface area (Å²) in [6, 6.07) is 16.3. The molecule has 2 amide bonds. The van der Waals surface area contributed by atoms with Crippen molar-refractivity contribution in [3.8, 4) is 11.8 Å². The van der Waals surface area contributed by atoms with E-state index < -0.39 is 23.7 Å². The lowest BCUT2D eigenvalue weighted by molar-refractivity contribution is -0.143. The van der Waals surface area contributed by atoms with Crippen LogP contribution in [0.4, 0.5) is 4.79 Å². The molecule has 0 aromatic heterocycles. The first-order valence-corrected chi connectivity index (χ1v) is 9.36. The lowest BCUT2D eigenvalue weighted by Gasteiger charge is -2.09. The van der Waals surface area contributed by atoms with Crippen LogP contribution in [0.1, 0.15) is 16.7 Å². The second-order valence-corrected chi connectivity index (χ2v) is 6.96. The molecule has 3 rings (SSSR count). The van der Waals surface area contributed by atoms with Crippen molar-refractivity contribution in [3.63, 3.8) is 0 Å². The highest BCUT2D eigenvalue weighted by atomic mass is 32.2. The van der Waals surface area contributed by atoms with Crippen molar-refractivity contribution < 1.29 is 23.9 Å². The van der Waals surface area contributed by atoms with Crippen LogP contribution >= 0.6 is 11.8 Å². The molecule has 2 aromatic carbocycles. The molecule has 0 saturated carbocycles. The topological polar surface area (TPSA) is 96.7 Å². The number of hydrogen-bond donors (Lipinski definition) is 0. The Balaban J connectivity index is 1.66. The zero-order valence-corrected chi connectivity index (χ0v) is 16.3. The van der Waals surface area contributed by atoms with Gasteiger partial charge in [0.1, 0.15) is 18.9 Å². The van der Waals surface area contributed by atoms with Crippen LogP contribution in [-0.2, 0) is 20.9 Å². The standard InChI is InChI=1S/C21H16N2O5S/c1-27-19(24)12-23-20(25)18(29-21(23)26)10-14-6-8-17(9-7-14)28-13-16-5-3-2-4-15(16)11-22/h2-10H,12-13H2,1H3/b18-10+. The number of imide groups is 1. The van der Waals surface area contributed by atoms with Crippen LogP contribution in [0.2, 0.25) is 0 Å². The number of methoxy groups -OCH3 is 1. The second-order valence-electron chi connectivity index (χ2n) is 5.97. The summed E-state index contributed by atoms with van der Waals surface area (Å²) in [4.78, 5) is 36.7. The summed E-state index contributed by atoms with van der Waals surface area (Å²) in [6.07, 6.45) is 1.58. The van der Waals surface area contributed by atoms with Crippen molar-refractivity contribution in [2.24, 2.45) is 0 Å². The Morgan fingerprint density at radius 1 is 1.17 bits per heavy atom. The molecule has 0 bridgehead atoms. The molecule has 146 valence electrons. The van der Waals surface area contributed by atoms with E-state index >= 15 is 0 Å². The molecule has 8 heteroatoms. The van der Waals surface area contributed by atoms with Gasteiger partial charge in [0.2, 0.25) is 0 Å². The summed E-state index contributed by atoms with van der Waals surface area (Å²) in [7, 11) is 1.19. The van der Waals surface area contributed by atoms with E-state index in [2.05, 4.69) is 10.8 Å². The van der Waals surface area contributed by atoms with E-state index in [4.69, 9.17) is 10.00 Å². The predicted octanol–water partition coefficient (Wildman–Crippen LogP) is 3.35. The van der Waals surface area contributed by atoms with Crippen molar-refractivity contribution in [1.82, 2.24) is 4.90 Å². The predicted molar refractivity (Wildman–Crippen MR) is 107 cm³/mol. The zero-order chi connectivity index (χ0) is 20.8. The zero-order valence-electron chi connectivity index (χ0n) is 15.5. The molecule has 1 aliphatic rings. The van der Waals surface area contributed by atoms with E-state index in [0.717, 1.165) is 22.2 Å². The van der Waals surface area contributed by atoms with Crippen LogP contribution in [-0.4, -0.2) is 35.7 Å². The van der Waals surface area contributed by atoms with Crippen molar-refractivity contribution in [1.29, 1.82) is 5.26 Å². The summed E-state index contributed by atoms with van der Waals surface area (Å²) < 4.78 is 10.2. The highest BCUT2D eigenvalue weighted by Crippen LogP contribution is 2.32. The summed E-state index contributed by atoms with van der Waals surface area (Å²) in [5.74, 6) is -0.583. The molecular weight excluding hydrogens is 392 g/mol. The minimum atomic E-state index is -0.659. The van der Waals surface area contributed by atoms with Crippen LogP contribution in [0.3, 0.4) is 0 Å². The Hall–Kier alpha value is -3.57. The average molecular weight is 408 g/mol. The van der Waals surface area contributed by atoms with Crippen molar-refractivity contribution >= 4 is 35.0 Å².